The van der Waals surface area contributed by atoms with E-state index in [0.29, 0.717) is 18.3 Å². The fourth-order valence-corrected chi connectivity index (χ4v) is 2.68. The first-order valence-electron chi connectivity index (χ1n) is 5.65. The highest BCUT2D eigenvalue weighted by Crippen LogP contribution is 2.42. The number of rotatable bonds is 4. The van der Waals surface area contributed by atoms with E-state index >= 15 is 0 Å². The molecule has 0 amide bonds. The van der Waals surface area contributed by atoms with Gasteiger partial charge in [0.15, 0.2) is 5.78 Å². The molecule has 1 unspecified atom stereocenters. The smallest absolute Gasteiger partial charge is 0.159 e. The summed E-state index contributed by atoms with van der Waals surface area (Å²) >= 11 is 0. The molecule has 1 saturated carbocycles. The van der Waals surface area contributed by atoms with Crippen molar-refractivity contribution in [1.82, 2.24) is 0 Å². The lowest BCUT2D eigenvalue weighted by molar-refractivity contribution is -0.115. The molecule has 14 heavy (non-hydrogen) atoms. The van der Waals surface area contributed by atoms with Gasteiger partial charge in [-0.1, -0.05) is 5.57 Å². The van der Waals surface area contributed by atoms with Gasteiger partial charge in [-0.25, -0.2) is 0 Å². The molecule has 2 nitrogen and oxygen atoms in total. The molecule has 0 aliphatic heterocycles. The number of allylic oxidation sites excluding steroid dienone is 1. The Kier molecular flexibility index (Phi) is 3.02. The molecule has 0 heterocycles. The van der Waals surface area contributed by atoms with E-state index in [9.17, 15) is 4.79 Å². The van der Waals surface area contributed by atoms with Gasteiger partial charge >= 0.3 is 0 Å². The number of Topliss-reactive ketones (excluding diaryl/α,β-unsaturated/α-hetero) is 1. The monoisotopic (exact) mass is 194 g/mol. The molecule has 78 valence electrons. The van der Waals surface area contributed by atoms with Crippen LogP contribution in [0.5, 0.6) is 0 Å². The van der Waals surface area contributed by atoms with Crippen LogP contribution in [0.4, 0.5) is 0 Å². The third-order valence-corrected chi connectivity index (χ3v) is 3.35. The molecule has 0 spiro atoms. The van der Waals surface area contributed by atoms with Gasteiger partial charge in [0.05, 0.1) is 6.61 Å². The van der Waals surface area contributed by atoms with Gasteiger partial charge in [0.2, 0.25) is 0 Å². The number of hydrogen-bond acceptors (Lipinski definition) is 2. The number of hydrogen-bond donors (Lipinski definition) is 0. The molecule has 2 aliphatic rings. The second kappa shape index (κ2) is 4.26. The topological polar surface area (TPSA) is 26.3 Å². The van der Waals surface area contributed by atoms with Crippen molar-refractivity contribution in [3.63, 3.8) is 0 Å². The quantitative estimate of drug-likeness (QED) is 0.643. The maximum Gasteiger partial charge on any atom is 0.159 e. The van der Waals surface area contributed by atoms with Gasteiger partial charge in [-0.15, -0.1) is 0 Å². The molecule has 0 saturated heterocycles. The van der Waals surface area contributed by atoms with Gasteiger partial charge in [0, 0.05) is 13.0 Å². The molecule has 0 N–H and O–H groups in total. The highest BCUT2D eigenvalue weighted by atomic mass is 16.5. The summed E-state index contributed by atoms with van der Waals surface area (Å²) in [5, 5.41) is 0. The van der Waals surface area contributed by atoms with E-state index in [-0.39, 0.29) is 0 Å². The van der Waals surface area contributed by atoms with Crippen LogP contribution in [0.25, 0.3) is 0 Å². The van der Waals surface area contributed by atoms with Crippen LogP contribution in [-0.2, 0) is 9.53 Å². The van der Waals surface area contributed by atoms with E-state index < -0.39 is 0 Å². The highest BCUT2D eigenvalue weighted by Gasteiger charge is 2.34. The number of carbonyl (C=O) groups excluding carboxylic acids is 1. The zero-order valence-corrected chi connectivity index (χ0v) is 8.84. The van der Waals surface area contributed by atoms with Crippen LogP contribution >= 0.6 is 0 Å². The van der Waals surface area contributed by atoms with Gasteiger partial charge in [0.25, 0.3) is 0 Å². The predicted molar refractivity (Wildman–Crippen MR) is 55.1 cm³/mol. The van der Waals surface area contributed by atoms with Gasteiger partial charge in [-0.3, -0.25) is 4.79 Å². The molecule has 1 atom stereocenters. The summed E-state index contributed by atoms with van der Waals surface area (Å²) in [6.07, 6.45) is 5.32. The number of carbonyl (C=O) groups is 1. The van der Waals surface area contributed by atoms with Gasteiger partial charge in [0.1, 0.15) is 0 Å². The van der Waals surface area contributed by atoms with Crippen LogP contribution in [-0.4, -0.2) is 19.0 Å². The second-order valence-corrected chi connectivity index (χ2v) is 4.17. The normalized spacial score (nSPS) is 26.1. The van der Waals surface area contributed by atoms with E-state index in [1.807, 2.05) is 6.92 Å². The van der Waals surface area contributed by atoms with E-state index in [1.54, 1.807) is 0 Å². The molecule has 2 aliphatic carbocycles. The van der Waals surface area contributed by atoms with Crippen molar-refractivity contribution in [2.75, 3.05) is 13.2 Å². The molecular weight excluding hydrogens is 176 g/mol. The molecule has 0 radical (unpaired) electrons. The Balaban J connectivity index is 2.00. The summed E-state index contributed by atoms with van der Waals surface area (Å²) in [6, 6.07) is 0. The predicted octanol–water partition coefficient (Wildman–Crippen LogP) is 2.48. The van der Waals surface area contributed by atoms with Crippen molar-refractivity contribution in [2.24, 2.45) is 5.92 Å². The van der Waals surface area contributed by atoms with E-state index in [0.717, 1.165) is 31.4 Å². The maximum absolute atomic E-state index is 11.7. The molecule has 2 rings (SSSR count). The maximum atomic E-state index is 11.7. The largest absolute Gasteiger partial charge is 0.381 e. The molecule has 0 aromatic carbocycles. The standard InChI is InChI=1S/C12H18O2/c1-2-14-7-6-11-10-5-3-4-9(10)8-12(11)13/h9H,2-8H2,1H3. The van der Waals surface area contributed by atoms with Crippen molar-refractivity contribution in [2.45, 2.75) is 39.0 Å². The van der Waals surface area contributed by atoms with Crippen LogP contribution in [0.1, 0.15) is 39.0 Å². The molecule has 0 aromatic rings. The van der Waals surface area contributed by atoms with Gasteiger partial charge in [-0.05, 0) is 44.1 Å². The van der Waals surface area contributed by atoms with Crippen molar-refractivity contribution in [3.8, 4) is 0 Å². The van der Waals surface area contributed by atoms with E-state index in [1.165, 1.54) is 18.4 Å². The van der Waals surface area contributed by atoms with Crippen LogP contribution in [0.3, 0.4) is 0 Å². The summed E-state index contributed by atoms with van der Waals surface area (Å²) in [7, 11) is 0. The number of ether oxygens (including phenoxy) is 1. The summed E-state index contributed by atoms with van der Waals surface area (Å²) in [5.41, 5.74) is 2.58. The van der Waals surface area contributed by atoms with Crippen LogP contribution < -0.4 is 0 Å². The first kappa shape index (κ1) is 9.91. The van der Waals surface area contributed by atoms with Crippen molar-refractivity contribution in [3.05, 3.63) is 11.1 Å². The van der Waals surface area contributed by atoms with E-state index in [4.69, 9.17) is 4.74 Å². The average Bonchev–Trinajstić information content (AvgIpc) is 2.69. The highest BCUT2D eigenvalue weighted by molar-refractivity contribution is 5.99. The minimum absolute atomic E-state index is 0.393. The SMILES string of the molecule is CCOCCC1=C2CCCC2CC1=O. The summed E-state index contributed by atoms with van der Waals surface area (Å²) < 4.78 is 5.31. The Morgan fingerprint density at radius 3 is 3.14 bits per heavy atom. The van der Waals surface area contributed by atoms with Crippen molar-refractivity contribution >= 4 is 5.78 Å². The first-order chi connectivity index (χ1) is 6.83. The van der Waals surface area contributed by atoms with Gasteiger partial charge in [-0.2, -0.15) is 0 Å². The molecule has 0 bridgehead atoms. The second-order valence-electron chi connectivity index (χ2n) is 4.17. The number of fused-ring (bicyclic) bond motifs is 1. The summed E-state index contributed by atoms with van der Waals surface area (Å²) in [5.74, 6) is 1.00. The van der Waals surface area contributed by atoms with Crippen LogP contribution in [0.2, 0.25) is 0 Å². The third-order valence-electron chi connectivity index (χ3n) is 3.35. The Morgan fingerprint density at radius 1 is 1.50 bits per heavy atom. The van der Waals surface area contributed by atoms with Crippen LogP contribution in [0, 0.1) is 5.92 Å². The molecule has 2 heteroatoms. The van der Waals surface area contributed by atoms with E-state index in [2.05, 4.69) is 0 Å². The molecule has 0 aromatic heterocycles. The third kappa shape index (κ3) is 1.76. The zero-order valence-electron chi connectivity index (χ0n) is 8.84. The molecule has 1 fully saturated rings. The lowest BCUT2D eigenvalue weighted by Gasteiger charge is -2.04. The Bertz CT molecular complexity index is 265. The number of ketones is 1. The van der Waals surface area contributed by atoms with Crippen molar-refractivity contribution in [1.29, 1.82) is 0 Å². The lowest BCUT2D eigenvalue weighted by atomic mass is 10.0. The minimum Gasteiger partial charge on any atom is -0.381 e. The van der Waals surface area contributed by atoms with Gasteiger partial charge < -0.3 is 4.74 Å². The Morgan fingerprint density at radius 2 is 2.36 bits per heavy atom. The van der Waals surface area contributed by atoms with Crippen molar-refractivity contribution < 1.29 is 9.53 Å². The van der Waals surface area contributed by atoms with Crippen LogP contribution in [0.15, 0.2) is 11.1 Å². The summed E-state index contributed by atoms with van der Waals surface area (Å²) in [4.78, 5) is 11.7. The summed E-state index contributed by atoms with van der Waals surface area (Å²) in [6.45, 7) is 3.46. The average molecular weight is 194 g/mol. The zero-order chi connectivity index (χ0) is 9.97. The first-order valence-corrected chi connectivity index (χ1v) is 5.65. The minimum atomic E-state index is 0.393. The lowest BCUT2D eigenvalue weighted by Crippen LogP contribution is -2.02. The fraction of sp³-hybridized carbons (Fsp3) is 0.750. The fourth-order valence-electron chi connectivity index (χ4n) is 2.68. The molecular formula is C12H18O2. The Labute approximate surface area is 85.3 Å². The Hall–Kier alpha value is -0.630.